The van der Waals surface area contributed by atoms with E-state index in [1.54, 1.807) is 12.3 Å². The van der Waals surface area contributed by atoms with Crippen molar-refractivity contribution in [2.45, 2.75) is 0 Å². The molecular formula is C20H12I2N2O2. The van der Waals surface area contributed by atoms with Gasteiger partial charge in [-0.25, -0.2) is 4.98 Å². The summed E-state index contributed by atoms with van der Waals surface area (Å²) < 4.78 is 8.02. The molecule has 0 aliphatic rings. The fourth-order valence-corrected chi connectivity index (χ4v) is 3.57. The van der Waals surface area contributed by atoms with Crippen molar-refractivity contribution in [1.82, 2.24) is 4.98 Å². The molecule has 0 spiro atoms. The number of nitrogens with zero attached hydrogens (tertiary/aromatic N) is 2. The Labute approximate surface area is 177 Å². The highest BCUT2D eigenvalue weighted by Gasteiger charge is 2.09. The third-order valence-corrected chi connectivity index (χ3v) is 5.13. The van der Waals surface area contributed by atoms with Crippen LogP contribution in [0.1, 0.15) is 5.56 Å². The van der Waals surface area contributed by atoms with E-state index in [4.69, 9.17) is 4.42 Å². The lowest BCUT2D eigenvalue weighted by molar-refractivity contribution is 0.474. The Hall–Kier alpha value is -1.94. The van der Waals surface area contributed by atoms with Crippen molar-refractivity contribution in [3.8, 4) is 17.2 Å². The Morgan fingerprint density at radius 2 is 1.81 bits per heavy atom. The molecule has 0 amide bonds. The van der Waals surface area contributed by atoms with Crippen molar-refractivity contribution < 1.29 is 9.52 Å². The molecule has 6 heteroatoms. The number of phenolic OH excluding ortho intramolecular Hbond substituents is 1. The monoisotopic (exact) mass is 566 g/mol. The Bertz CT molecular complexity index is 1140. The van der Waals surface area contributed by atoms with Gasteiger partial charge in [0.05, 0.1) is 5.69 Å². The van der Waals surface area contributed by atoms with Gasteiger partial charge in [-0.05, 0) is 99.8 Å². The smallest absolute Gasteiger partial charge is 0.227 e. The Kier molecular flexibility index (Phi) is 4.94. The van der Waals surface area contributed by atoms with Gasteiger partial charge in [0.1, 0.15) is 11.3 Å². The second-order valence-electron chi connectivity index (χ2n) is 5.64. The highest BCUT2D eigenvalue weighted by molar-refractivity contribution is 14.1. The van der Waals surface area contributed by atoms with E-state index < -0.39 is 0 Å². The number of oxazole rings is 1. The molecule has 0 aliphatic heterocycles. The SMILES string of the molecule is Oc1ccc(I)cc1C=Nc1ccc2oc(-c3cccc(I)c3)nc2c1. The molecule has 0 unspecified atom stereocenters. The van der Waals surface area contributed by atoms with Crippen molar-refractivity contribution >= 4 is 68.2 Å². The Morgan fingerprint density at radius 3 is 2.65 bits per heavy atom. The van der Waals surface area contributed by atoms with Gasteiger partial charge < -0.3 is 9.52 Å². The summed E-state index contributed by atoms with van der Waals surface area (Å²) >= 11 is 4.47. The van der Waals surface area contributed by atoms with E-state index >= 15 is 0 Å². The lowest BCUT2D eigenvalue weighted by Crippen LogP contribution is -1.83. The van der Waals surface area contributed by atoms with E-state index in [9.17, 15) is 5.11 Å². The zero-order valence-electron chi connectivity index (χ0n) is 13.4. The fraction of sp³-hybridized carbons (Fsp3) is 0. The Balaban J connectivity index is 1.67. The number of phenols is 1. The molecule has 0 aliphatic carbocycles. The van der Waals surface area contributed by atoms with Crippen molar-refractivity contribution in [3.63, 3.8) is 0 Å². The van der Waals surface area contributed by atoms with Crippen LogP contribution >= 0.6 is 45.2 Å². The molecule has 0 atom stereocenters. The van der Waals surface area contributed by atoms with Crippen LogP contribution in [0.2, 0.25) is 0 Å². The topological polar surface area (TPSA) is 58.6 Å². The summed E-state index contributed by atoms with van der Waals surface area (Å²) in [5.41, 5.74) is 3.84. The van der Waals surface area contributed by atoms with E-state index in [-0.39, 0.29) is 5.75 Å². The molecule has 4 rings (SSSR count). The summed E-state index contributed by atoms with van der Waals surface area (Å²) in [5.74, 6) is 0.799. The van der Waals surface area contributed by atoms with Gasteiger partial charge in [0.25, 0.3) is 0 Å². The van der Waals surface area contributed by atoms with Gasteiger partial charge in [0, 0.05) is 24.5 Å². The summed E-state index contributed by atoms with van der Waals surface area (Å²) in [6.45, 7) is 0. The molecule has 0 saturated heterocycles. The van der Waals surface area contributed by atoms with Crippen molar-refractivity contribution in [2.75, 3.05) is 0 Å². The van der Waals surface area contributed by atoms with Gasteiger partial charge in [0.2, 0.25) is 5.89 Å². The average Bonchev–Trinajstić information content (AvgIpc) is 3.06. The molecule has 128 valence electrons. The van der Waals surface area contributed by atoms with Gasteiger partial charge in [-0.3, -0.25) is 4.99 Å². The number of fused-ring (bicyclic) bond motifs is 1. The predicted octanol–water partition coefficient (Wildman–Crippen LogP) is 6.16. The van der Waals surface area contributed by atoms with Gasteiger partial charge in [-0.1, -0.05) is 6.07 Å². The van der Waals surface area contributed by atoms with Crippen molar-refractivity contribution in [1.29, 1.82) is 0 Å². The third-order valence-electron chi connectivity index (χ3n) is 3.79. The first-order chi connectivity index (χ1) is 12.6. The summed E-state index contributed by atoms with van der Waals surface area (Å²) in [6.07, 6.45) is 1.65. The molecule has 4 aromatic rings. The van der Waals surface area contributed by atoms with E-state index in [2.05, 4.69) is 55.2 Å². The molecule has 1 N–H and O–H groups in total. The molecule has 1 aromatic heterocycles. The van der Waals surface area contributed by atoms with E-state index in [0.29, 0.717) is 11.5 Å². The van der Waals surface area contributed by atoms with Crippen molar-refractivity contribution in [2.24, 2.45) is 4.99 Å². The lowest BCUT2D eigenvalue weighted by Gasteiger charge is -1.99. The number of aromatic nitrogens is 1. The first-order valence-electron chi connectivity index (χ1n) is 7.77. The van der Waals surface area contributed by atoms with Gasteiger partial charge in [0.15, 0.2) is 5.58 Å². The minimum atomic E-state index is 0.206. The first-order valence-corrected chi connectivity index (χ1v) is 9.93. The largest absolute Gasteiger partial charge is 0.507 e. The van der Waals surface area contributed by atoms with Gasteiger partial charge >= 0.3 is 0 Å². The minimum absolute atomic E-state index is 0.206. The molecule has 0 bridgehead atoms. The molecular weight excluding hydrogens is 554 g/mol. The van der Waals surface area contributed by atoms with Crippen LogP contribution in [0.25, 0.3) is 22.6 Å². The molecule has 26 heavy (non-hydrogen) atoms. The number of aliphatic imine (C=N–C) groups is 1. The molecule has 1 heterocycles. The van der Waals surface area contributed by atoms with Crippen LogP contribution in [-0.4, -0.2) is 16.3 Å². The standard InChI is InChI=1S/C20H12I2N2O2/c21-14-3-1-2-12(8-14)20-24-17-10-16(5-7-19(17)26-20)23-11-13-9-15(22)4-6-18(13)25/h1-11,25H. The summed E-state index contributed by atoms with van der Waals surface area (Å²) in [7, 11) is 0. The zero-order valence-corrected chi connectivity index (χ0v) is 17.7. The second kappa shape index (κ2) is 7.36. The number of benzene rings is 3. The third kappa shape index (κ3) is 3.75. The number of aromatic hydroxyl groups is 1. The minimum Gasteiger partial charge on any atom is -0.507 e. The van der Waals surface area contributed by atoms with Crippen LogP contribution < -0.4 is 0 Å². The number of hydrogen-bond acceptors (Lipinski definition) is 4. The van der Waals surface area contributed by atoms with Crippen LogP contribution in [0, 0.1) is 7.14 Å². The number of hydrogen-bond donors (Lipinski definition) is 1. The molecule has 0 radical (unpaired) electrons. The van der Waals surface area contributed by atoms with Gasteiger partial charge in [-0.2, -0.15) is 0 Å². The fourth-order valence-electron chi connectivity index (χ4n) is 2.51. The van der Waals surface area contributed by atoms with E-state index in [1.807, 2.05) is 54.6 Å². The molecule has 0 fully saturated rings. The lowest BCUT2D eigenvalue weighted by atomic mass is 10.2. The van der Waals surface area contributed by atoms with E-state index in [0.717, 1.165) is 29.5 Å². The quantitative estimate of drug-likeness (QED) is 0.239. The van der Waals surface area contributed by atoms with E-state index in [1.165, 1.54) is 0 Å². The maximum atomic E-state index is 9.91. The average molecular weight is 566 g/mol. The van der Waals surface area contributed by atoms with Crippen LogP contribution in [0.5, 0.6) is 5.75 Å². The number of rotatable bonds is 3. The summed E-state index contributed by atoms with van der Waals surface area (Å²) in [6, 6.07) is 19.0. The first kappa shape index (κ1) is 17.5. The predicted molar refractivity (Wildman–Crippen MR) is 120 cm³/mol. The Morgan fingerprint density at radius 1 is 0.962 bits per heavy atom. The zero-order chi connectivity index (χ0) is 18.1. The van der Waals surface area contributed by atoms with Crippen LogP contribution in [0.4, 0.5) is 5.69 Å². The second-order valence-corrected chi connectivity index (χ2v) is 8.13. The maximum absolute atomic E-state index is 9.91. The molecule has 0 saturated carbocycles. The van der Waals surface area contributed by atoms with Gasteiger partial charge in [-0.15, -0.1) is 0 Å². The normalized spacial score (nSPS) is 11.5. The highest BCUT2D eigenvalue weighted by Crippen LogP contribution is 2.28. The summed E-state index contributed by atoms with van der Waals surface area (Å²) in [5, 5.41) is 9.91. The molecule has 4 nitrogen and oxygen atoms in total. The van der Waals surface area contributed by atoms with Crippen molar-refractivity contribution in [3.05, 3.63) is 73.4 Å². The number of halogens is 2. The maximum Gasteiger partial charge on any atom is 0.227 e. The van der Waals surface area contributed by atoms with Crippen LogP contribution in [0.15, 0.2) is 70.1 Å². The summed E-state index contributed by atoms with van der Waals surface area (Å²) in [4.78, 5) is 9.03. The highest BCUT2D eigenvalue weighted by atomic mass is 127. The van der Waals surface area contributed by atoms with Crippen LogP contribution in [-0.2, 0) is 0 Å². The van der Waals surface area contributed by atoms with Crippen LogP contribution in [0.3, 0.4) is 0 Å². The molecule has 3 aromatic carbocycles.